The Balaban J connectivity index is -0.000000188. The number of carboxylic acid groups (broad SMARTS) is 3. The smallest absolute Gasteiger partial charge is 0.328 e. The molecule has 0 spiro atoms. The van der Waals surface area contributed by atoms with Gasteiger partial charge in [-0.05, 0) is 6.92 Å². The number of allylic oxidation sites excluding steroid dienone is 3. The molecule has 98 valence electrons. The van der Waals surface area contributed by atoms with Crippen LogP contribution in [0.4, 0.5) is 0 Å². The van der Waals surface area contributed by atoms with Gasteiger partial charge in [0.25, 0.3) is 5.97 Å². The molecule has 0 saturated carbocycles. The lowest BCUT2D eigenvalue weighted by atomic mass is 10.4. The van der Waals surface area contributed by atoms with Gasteiger partial charge in [-0.3, -0.25) is 9.59 Å². The van der Waals surface area contributed by atoms with E-state index in [1.54, 1.807) is 19.1 Å². The van der Waals surface area contributed by atoms with Crippen molar-refractivity contribution in [3.8, 4) is 0 Å². The summed E-state index contributed by atoms with van der Waals surface area (Å²) in [6.07, 6.45) is 6.20. The van der Waals surface area contributed by atoms with Crippen LogP contribution in [0.2, 0.25) is 0 Å². The van der Waals surface area contributed by atoms with Crippen molar-refractivity contribution < 1.29 is 29.7 Å². The highest BCUT2D eigenvalue weighted by atomic mass is 16.4. The van der Waals surface area contributed by atoms with Gasteiger partial charge in [0.05, 0.1) is 0 Å². The third-order valence-electron chi connectivity index (χ3n) is 0.845. The lowest BCUT2D eigenvalue weighted by molar-refractivity contribution is -0.137. The van der Waals surface area contributed by atoms with Gasteiger partial charge >= 0.3 is 11.9 Å². The molecule has 6 heteroatoms. The highest BCUT2D eigenvalue weighted by Gasteiger charge is 1.81. The Kier molecular flexibility index (Phi) is 19.5. The van der Waals surface area contributed by atoms with E-state index in [1.807, 2.05) is 6.92 Å². The summed E-state index contributed by atoms with van der Waals surface area (Å²) in [5.41, 5.74) is 0. The third kappa shape index (κ3) is 82.1. The average Bonchev–Trinajstić information content (AvgIpc) is 2.17. The Hall–Kier alpha value is -2.11. The monoisotopic (exact) mass is 246 g/mol. The van der Waals surface area contributed by atoms with Crippen LogP contribution in [0.25, 0.3) is 0 Å². The molecule has 0 aromatic heterocycles. The molecule has 3 N–H and O–H groups in total. The molecular weight excluding hydrogens is 228 g/mol. The van der Waals surface area contributed by atoms with Gasteiger partial charge in [-0.15, -0.1) is 0 Å². The largest absolute Gasteiger partial charge is 0.481 e. The molecule has 0 aromatic carbocycles. The summed E-state index contributed by atoms with van der Waals surface area (Å²) < 4.78 is 0. The lowest BCUT2D eigenvalue weighted by Crippen LogP contribution is -1.86. The zero-order valence-corrected chi connectivity index (χ0v) is 10.1. The van der Waals surface area contributed by atoms with E-state index in [1.165, 1.54) is 6.08 Å². The summed E-state index contributed by atoms with van der Waals surface area (Å²) in [5, 5.41) is 23.2. The van der Waals surface area contributed by atoms with Gasteiger partial charge < -0.3 is 15.3 Å². The van der Waals surface area contributed by atoms with Crippen LogP contribution in [-0.2, 0) is 14.4 Å². The highest BCUT2D eigenvalue weighted by Crippen LogP contribution is 1.74. The Morgan fingerprint density at radius 2 is 1.41 bits per heavy atom. The molecule has 0 bridgehead atoms. The summed E-state index contributed by atoms with van der Waals surface area (Å²) in [6, 6.07) is 0. The zero-order valence-electron chi connectivity index (χ0n) is 10.1. The summed E-state index contributed by atoms with van der Waals surface area (Å²) >= 11 is 0. The quantitative estimate of drug-likeness (QED) is 0.517. The Morgan fingerprint density at radius 1 is 1.06 bits per heavy atom. The summed E-state index contributed by atoms with van der Waals surface area (Å²) in [5.74, 6) is -2.49. The maximum atomic E-state index is 9.75. The topological polar surface area (TPSA) is 112 Å². The molecule has 0 aliphatic rings. The first-order valence-electron chi connectivity index (χ1n) is 4.71. The van der Waals surface area contributed by atoms with Gasteiger partial charge in [0.15, 0.2) is 0 Å². The van der Waals surface area contributed by atoms with Crippen LogP contribution >= 0.6 is 0 Å². The summed E-state index contributed by atoms with van der Waals surface area (Å²) in [4.78, 5) is 28.1. The molecule has 0 aromatic rings. The minimum absolute atomic E-state index is 0.222. The van der Waals surface area contributed by atoms with Crippen LogP contribution < -0.4 is 0 Å². The van der Waals surface area contributed by atoms with Crippen LogP contribution in [-0.4, -0.2) is 33.2 Å². The minimum Gasteiger partial charge on any atom is -0.481 e. The number of rotatable bonds is 3. The normalized spacial score (nSPS) is 8.88. The molecule has 0 aliphatic heterocycles. The van der Waals surface area contributed by atoms with Crippen LogP contribution in [0.3, 0.4) is 0 Å². The first-order chi connectivity index (χ1) is 7.77. The van der Waals surface area contributed by atoms with Crippen molar-refractivity contribution in [2.45, 2.75) is 27.2 Å². The molecular formula is C11H18O6. The first kappa shape index (κ1) is 20.3. The van der Waals surface area contributed by atoms with Gasteiger partial charge in [0.2, 0.25) is 0 Å². The van der Waals surface area contributed by atoms with Crippen molar-refractivity contribution in [1.82, 2.24) is 0 Å². The molecule has 0 rings (SSSR count). The van der Waals surface area contributed by atoms with Crippen LogP contribution in [0.15, 0.2) is 24.3 Å². The fourth-order valence-corrected chi connectivity index (χ4v) is 0.249. The van der Waals surface area contributed by atoms with Crippen molar-refractivity contribution in [2.75, 3.05) is 0 Å². The molecule has 17 heavy (non-hydrogen) atoms. The van der Waals surface area contributed by atoms with E-state index < -0.39 is 17.9 Å². The Bertz CT molecular complexity index is 274. The van der Waals surface area contributed by atoms with E-state index in [9.17, 15) is 9.59 Å². The molecule has 0 aliphatic carbocycles. The van der Waals surface area contributed by atoms with Crippen molar-refractivity contribution in [3.63, 3.8) is 0 Å². The number of hydrogen-bond acceptors (Lipinski definition) is 3. The second-order valence-corrected chi connectivity index (χ2v) is 2.49. The fraction of sp³-hybridized carbons (Fsp3) is 0.364. The van der Waals surface area contributed by atoms with E-state index in [-0.39, 0.29) is 6.42 Å². The second kappa shape index (κ2) is 16.3. The van der Waals surface area contributed by atoms with Gasteiger partial charge in [0.1, 0.15) is 0 Å². The van der Waals surface area contributed by atoms with Crippen molar-refractivity contribution in [2.24, 2.45) is 0 Å². The summed E-state index contributed by atoms with van der Waals surface area (Å²) in [7, 11) is 0. The van der Waals surface area contributed by atoms with Gasteiger partial charge in [-0.25, -0.2) is 4.79 Å². The third-order valence-corrected chi connectivity index (χ3v) is 0.845. The molecule has 0 amide bonds. The van der Waals surface area contributed by atoms with Gasteiger partial charge in [-0.2, -0.15) is 0 Å². The summed E-state index contributed by atoms with van der Waals surface area (Å²) in [6.45, 7) is 4.51. The standard InChI is InChI=1S/C6H8O2.C3H6O2.C2H4O2/c1-2-3-4-5-6(7)8;1-2-3(4)5;1-2(3)4/h2-5H,1H3,(H,7,8);2H2,1H3,(H,4,5);1H3,(H,3,4). The van der Waals surface area contributed by atoms with E-state index in [2.05, 4.69) is 0 Å². The van der Waals surface area contributed by atoms with E-state index in [0.717, 1.165) is 13.0 Å². The zero-order chi connectivity index (χ0) is 14.3. The average molecular weight is 246 g/mol. The van der Waals surface area contributed by atoms with E-state index in [4.69, 9.17) is 20.1 Å². The molecule has 0 radical (unpaired) electrons. The number of carbonyl (C=O) groups is 3. The van der Waals surface area contributed by atoms with Crippen molar-refractivity contribution in [3.05, 3.63) is 24.3 Å². The SMILES string of the molecule is CC(=O)O.CC=CC=CC(=O)O.CCC(=O)O. The molecule has 0 atom stereocenters. The number of aliphatic carboxylic acids is 3. The maximum absolute atomic E-state index is 9.75. The molecule has 6 nitrogen and oxygen atoms in total. The van der Waals surface area contributed by atoms with Crippen LogP contribution in [0, 0.1) is 0 Å². The lowest BCUT2D eigenvalue weighted by Gasteiger charge is -1.72. The Morgan fingerprint density at radius 3 is 1.59 bits per heavy atom. The second-order valence-electron chi connectivity index (χ2n) is 2.49. The van der Waals surface area contributed by atoms with Crippen LogP contribution in [0.1, 0.15) is 27.2 Å². The first-order valence-corrected chi connectivity index (χ1v) is 4.71. The van der Waals surface area contributed by atoms with Crippen molar-refractivity contribution >= 4 is 17.9 Å². The predicted molar refractivity (Wildman–Crippen MR) is 62.8 cm³/mol. The number of carboxylic acids is 3. The van der Waals surface area contributed by atoms with E-state index >= 15 is 0 Å². The minimum atomic E-state index is -0.914. The van der Waals surface area contributed by atoms with Gasteiger partial charge in [0, 0.05) is 19.4 Å². The fourth-order valence-electron chi connectivity index (χ4n) is 0.249. The van der Waals surface area contributed by atoms with E-state index in [0.29, 0.717) is 0 Å². The van der Waals surface area contributed by atoms with Crippen molar-refractivity contribution in [1.29, 1.82) is 0 Å². The molecule has 0 unspecified atom stereocenters. The Labute approximate surface area is 99.9 Å². The maximum Gasteiger partial charge on any atom is 0.328 e. The highest BCUT2D eigenvalue weighted by molar-refractivity contribution is 5.80. The predicted octanol–water partition coefficient (Wildman–Crippen LogP) is 1.78. The molecule has 0 fully saturated rings. The molecule has 0 saturated heterocycles. The number of hydrogen-bond donors (Lipinski definition) is 3. The van der Waals surface area contributed by atoms with Crippen LogP contribution in [0.5, 0.6) is 0 Å². The van der Waals surface area contributed by atoms with Gasteiger partial charge in [-0.1, -0.05) is 25.2 Å². The molecule has 0 heterocycles.